The summed E-state index contributed by atoms with van der Waals surface area (Å²) >= 11 is 0. The second kappa shape index (κ2) is 5.74. The average Bonchev–Trinajstić information content (AvgIpc) is 2.37. The third-order valence-electron chi connectivity index (χ3n) is 2.71. The third kappa shape index (κ3) is 4.27. The van der Waals surface area contributed by atoms with Crippen LogP contribution < -0.4 is 0 Å². The maximum atomic E-state index is 9.26. The Kier molecular flexibility index (Phi) is 4.57. The monoisotopic (exact) mass is 245 g/mol. The SMILES string of the molecule is COC(C)(C)CC(C)(C#N)N=Nc1ccccc1. The maximum Gasteiger partial charge on any atom is 0.167 e. The molecule has 0 aromatic heterocycles. The van der Waals surface area contributed by atoms with Crippen LogP contribution in [0.3, 0.4) is 0 Å². The van der Waals surface area contributed by atoms with E-state index in [2.05, 4.69) is 16.3 Å². The normalized spacial score (nSPS) is 15.3. The molecule has 1 rings (SSSR count). The molecule has 0 aliphatic carbocycles. The quantitative estimate of drug-likeness (QED) is 0.739. The Balaban J connectivity index is 2.84. The number of benzene rings is 1. The van der Waals surface area contributed by atoms with E-state index in [9.17, 15) is 5.26 Å². The lowest BCUT2D eigenvalue weighted by molar-refractivity contribution is 0.00493. The highest BCUT2D eigenvalue weighted by molar-refractivity contribution is 5.35. The van der Waals surface area contributed by atoms with Crippen LogP contribution in [0.15, 0.2) is 40.6 Å². The number of nitriles is 1. The van der Waals surface area contributed by atoms with Gasteiger partial charge in [0.2, 0.25) is 0 Å². The van der Waals surface area contributed by atoms with Gasteiger partial charge < -0.3 is 4.74 Å². The zero-order valence-corrected chi connectivity index (χ0v) is 11.3. The van der Waals surface area contributed by atoms with Crippen molar-refractivity contribution >= 4 is 5.69 Å². The van der Waals surface area contributed by atoms with Crippen molar-refractivity contribution in [2.45, 2.75) is 38.3 Å². The fourth-order valence-corrected chi connectivity index (χ4v) is 1.66. The van der Waals surface area contributed by atoms with Gasteiger partial charge in [-0.25, -0.2) is 0 Å². The van der Waals surface area contributed by atoms with Gasteiger partial charge in [-0.2, -0.15) is 15.5 Å². The fraction of sp³-hybridized carbons (Fsp3) is 0.500. The van der Waals surface area contributed by atoms with Crippen molar-refractivity contribution in [1.82, 2.24) is 0 Å². The maximum absolute atomic E-state index is 9.26. The Morgan fingerprint density at radius 2 is 1.83 bits per heavy atom. The van der Waals surface area contributed by atoms with E-state index in [1.54, 1.807) is 14.0 Å². The number of methoxy groups -OCH3 is 1. The van der Waals surface area contributed by atoms with Crippen LogP contribution in [0.2, 0.25) is 0 Å². The summed E-state index contributed by atoms with van der Waals surface area (Å²) in [5.74, 6) is 0. The molecule has 1 aromatic rings. The third-order valence-corrected chi connectivity index (χ3v) is 2.71. The molecule has 0 aliphatic rings. The number of rotatable bonds is 5. The minimum atomic E-state index is -0.880. The van der Waals surface area contributed by atoms with E-state index in [-0.39, 0.29) is 0 Å². The van der Waals surface area contributed by atoms with E-state index in [1.807, 2.05) is 44.2 Å². The number of hydrogen-bond donors (Lipinski definition) is 0. The van der Waals surface area contributed by atoms with E-state index in [1.165, 1.54) is 0 Å². The molecule has 0 saturated heterocycles. The summed E-state index contributed by atoms with van der Waals surface area (Å²) < 4.78 is 5.33. The largest absolute Gasteiger partial charge is 0.379 e. The van der Waals surface area contributed by atoms with Crippen molar-refractivity contribution in [3.63, 3.8) is 0 Å². The highest BCUT2D eigenvalue weighted by Gasteiger charge is 2.32. The molecule has 0 aliphatic heterocycles. The summed E-state index contributed by atoms with van der Waals surface area (Å²) in [7, 11) is 1.63. The van der Waals surface area contributed by atoms with Crippen molar-refractivity contribution in [2.24, 2.45) is 10.2 Å². The molecule has 0 spiro atoms. The smallest absolute Gasteiger partial charge is 0.167 e. The molecule has 1 aromatic carbocycles. The lowest BCUT2D eigenvalue weighted by Gasteiger charge is -2.28. The molecule has 0 heterocycles. The number of azo groups is 1. The number of ether oxygens (including phenoxy) is 1. The molecule has 0 fully saturated rings. The van der Waals surface area contributed by atoms with Gasteiger partial charge in [-0.05, 0) is 32.9 Å². The van der Waals surface area contributed by atoms with Gasteiger partial charge in [0.1, 0.15) is 0 Å². The minimum Gasteiger partial charge on any atom is -0.379 e. The van der Waals surface area contributed by atoms with Crippen molar-refractivity contribution in [1.29, 1.82) is 5.26 Å². The topological polar surface area (TPSA) is 57.7 Å². The van der Waals surface area contributed by atoms with E-state index in [4.69, 9.17) is 4.74 Å². The fourth-order valence-electron chi connectivity index (χ4n) is 1.66. The van der Waals surface area contributed by atoms with E-state index in [0.717, 1.165) is 5.69 Å². The Morgan fingerprint density at radius 3 is 2.33 bits per heavy atom. The number of hydrogen-bond acceptors (Lipinski definition) is 4. The van der Waals surface area contributed by atoms with E-state index in [0.29, 0.717) is 6.42 Å². The van der Waals surface area contributed by atoms with Gasteiger partial charge in [-0.15, -0.1) is 0 Å². The van der Waals surface area contributed by atoms with Crippen LogP contribution in [0.1, 0.15) is 27.2 Å². The molecule has 0 saturated carbocycles. The summed E-state index contributed by atoms with van der Waals surface area (Å²) in [6.07, 6.45) is 0.489. The van der Waals surface area contributed by atoms with Crippen LogP contribution in [0.4, 0.5) is 5.69 Å². The summed E-state index contributed by atoms with van der Waals surface area (Å²) in [4.78, 5) is 0. The van der Waals surface area contributed by atoms with Gasteiger partial charge in [-0.1, -0.05) is 18.2 Å². The van der Waals surface area contributed by atoms with Gasteiger partial charge in [0, 0.05) is 13.5 Å². The molecule has 0 radical (unpaired) electrons. The van der Waals surface area contributed by atoms with Gasteiger partial charge in [0.05, 0.1) is 17.4 Å². The van der Waals surface area contributed by atoms with Crippen LogP contribution in [-0.4, -0.2) is 18.2 Å². The first-order valence-electron chi connectivity index (χ1n) is 5.85. The second-order valence-corrected chi connectivity index (χ2v) is 5.06. The summed E-state index contributed by atoms with van der Waals surface area (Å²) in [5.41, 5.74) is -0.538. The molecule has 18 heavy (non-hydrogen) atoms. The molecular formula is C14H19N3O. The van der Waals surface area contributed by atoms with Gasteiger partial charge in [0.15, 0.2) is 5.54 Å². The average molecular weight is 245 g/mol. The van der Waals surface area contributed by atoms with Gasteiger partial charge >= 0.3 is 0 Å². The molecule has 1 unspecified atom stereocenters. The Labute approximate surface area is 108 Å². The van der Waals surface area contributed by atoms with Gasteiger partial charge in [0.25, 0.3) is 0 Å². The number of nitrogens with zero attached hydrogens (tertiary/aromatic N) is 3. The molecule has 0 N–H and O–H groups in total. The van der Waals surface area contributed by atoms with Crippen LogP contribution >= 0.6 is 0 Å². The zero-order chi connectivity index (χ0) is 13.6. The Morgan fingerprint density at radius 1 is 1.22 bits per heavy atom. The predicted octanol–water partition coefficient (Wildman–Crippen LogP) is 3.87. The van der Waals surface area contributed by atoms with Crippen LogP contribution in [0.5, 0.6) is 0 Å². The zero-order valence-electron chi connectivity index (χ0n) is 11.3. The standard InChI is InChI=1S/C14H19N3O/c1-13(2,18-4)10-14(3,11-15)17-16-12-8-6-5-7-9-12/h5-9H,10H2,1-4H3. The van der Waals surface area contributed by atoms with Crippen LogP contribution in [0, 0.1) is 11.3 Å². The molecule has 96 valence electrons. The molecule has 1 atom stereocenters. The summed E-state index contributed by atoms with van der Waals surface area (Å²) in [6, 6.07) is 11.6. The lowest BCUT2D eigenvalue weighted by Crippen LogP contribution is -2.34. The van der Waals surface area contributed by atoms with Crippen LogP contribution in [-0.2, 0) is 4.74 Å². The molecule has 0 bridgehead atoms. The van der Waals surface area contributed by atoms with E-state index >= 15 is 0 Å². The summed E-state index contributed by atoms with van der Waals surface area (Å²) in [5, 5.41) is 17.5. The molecule has 4 nitrogen and oxygen atoms in total. The molecule has 4 heteroatoms. The predicted molar refractivity (Wildman–Crippen MR) is 70.7 cm³/mol. The van der Waals surface area contributed by atoms with E-state index < -0.39 is 11.1 Å². The van der Waals surface area contributed by atoms with Gasteiger partial charge in [-0.3, -0.25) is 0 Å². The first-order valence-corrected chi connectivity index (χ1v) is 5.85. The first kappa shape index (κ1) is 14.3. The summed E-state index contributed by atoms with van der Waals surface area (Å²) in [6.45, 7) is 5.63. The highest BCUT2D eigenvalue weighted by atomic mass is 16.5. The molecule has 0 amide bonds. The minimum absolute atomic E-state index is 0.403. The Hall–Kier alpha value is -1.73. The van der Waals surface area contributed by atoms with Crippen LogP contribution in [0.25, 0.3) is 0 Å². The molecular weight excluding hydrogens is 226 g/mol. The van der Waals surface area contributed by atoms with Crippen molar-refractivity contribution in [2.75, 3.05) is 7.11 Å². The van der Waals surface area contributed by atoms with Crippen molar-refractivity contribution in [3.8, 4) is 6.07 Å². The van der Waals surface area contributed by atoms with Crippen molar-refractivity contribution < 1.29 is 4.74 Å². The lowest BCUT2D eigenvalue weighted by atomic mass is 9.90. The first-order chi connectivity index (χ1) is 8.41. The second-order valence-electron chi connectivity index (χ2n) is 5.06. The highest BCUT2D eigenvalue weighted by Crippen LogP contribution is 2.27. The Bertz CT molecular complexity index is 448. The van der Waals surface area contributed by atoms with Crippen molar-refractivity contribution in [3.05, 3.63) is 30.3 Å².